The van der Waals surface area contributed by atoms with Crippen LogP contribution in [0.4, 0.5) is 4.39 Å². The number of aliphatic hydroxyl groups excluding tert-OH is 4. The fourth-order valence-electron chi connectivity index (χ4n) is 5.50. The largest absolute Gasteiger partial charge is 0.504 e. The number of aliphatic hydroxyl groups is 4. The van der Waals surface area contributed by atoms with E-state index in [4.69, 9.17) is 23.8 Å². The van der Waals surface area contributed by atoms with Crippen LogP contribution in [0.3, 0.4) is 0 Å². The van der Waals surface area contributed by atoms with Gasteiger partial charge in [0, 0.05) is 12.0 Å². The molecule has 1 saturated carbocycles. The number of phenolic OH excluding ortho intramolecular Hbond substituents is 1. The Kier molecular flexibility index (Phi) is 10.1. The van der Waals surface area contributed by atoms with Gasteiger partial charge >= 0.3 is 0 Å². The average Bonchev–Trinajstić information content (AvgIpc) is 3.65. The smallest absolute Gasteiger partial charge is 0.247 e. The third-order valence-electron chi connectivity index (χ3n) is 8.03. The first-order chi connectivity index (χ1) is 21.4. The fraction of sp³-hybridized carbons (Fsp3) is 0.452. The Hall–Kier alpha value is -3.60. The SMILES string of the molecule is C=C(NOC(C)[C@H]1O[C@@H](Oc2ccc(C=C(C)C(=O)N[C@@H]3[C@H](O)[C@@H](O)[C@H]4OCO[C@H]4[C@@H]3O)cc2O)C[C@@H]1O)c1ccc(F)cc1. The number of hydroxylamine groups is 1. The summed E-state index contributed by atoms with van der Waals surface area (Å²) in [7, 11) is 0. The summed E-state index contributed by atoms with van der Waals surface area (Å²) in [6.07, 6.45) is -7.61. The van der Waals surface area contributed by atoms with Crippen LogP contribution in [0.15, 0.2) is 54.6 Å². The summed E-state index contributed by atoms with van der Waals surface area (Å²) in [5, 5.41) is 55.0. The Bertz CT molecular complexity index is 1410. The highest BCUT2D eigenvalue weighted by Gasteiger charge is 2.53. The molecule has 2 heterocycles. The summed E-state index contributed by atoms with van der Waals surface area (Å²) in [5.41, 5.74) is 4.34. The highest BCUT2D eigenvalue weighted by atomic mass is 19.1. The van der Waals surface area contributed by atoms with Gasteiger partial charge in [0.1, 0.15) is 55.3 Å². The lowest BCUT2D eigenvalue weighted by Gasteiger charge is -2.41. The Balaban J connectivity index is 1.14. The first-order valence-electron chi connectivity index (χ1n) is 14.4. The van der Waals surface area contributed by atoms with E-state index in [-0.39, 0.29) is 36.1 Å². The van der Waals surface area contributed by atoms with Gasteiger partial charge in [0.2, 0.25) is 12.2 Å². The molecule has 1 amide bonds. The number of hydrogen-bond acceptors (Lipinski definition) is 12. The standard InChI is InChI=1S/C31H37FN2O11/c1-14(31(40)33-24-25(37)27(39)30-29(26(24)38)41-13-42-30)10-17-4-9-22(20(35)11-17)43-23-12-21(36)28(44-23)16(3)45-34-15(2)18-5-7-19(32)8-6-18/h4-11,16,21,23-30,34-39H,2,12-13H2,1,3H3,(H,33,40)/t16?,21-,23+,24+,25-,26+,27+,28+,29-,30+/m0/s1. The molecule has 2 aromatic carbocycles. The molecule has 2 aromatic rings. The number of rotatable bonds is 10. The lowest BCUT2D eigenvalue weighted by Crippen LogP contribution is -2.67. The van der Waals surface area contributed by atoms with Gasteiger partial charge < -0.3 is 49.8 Å². The number of benzene rings is 2. The van der Waals surface area contributed by atoms with E-state index in [1.54, 1.807) is 25.1 Å². The molecule has 1 aliphatic carbocycles. The van der Waals surface area contributed by atoms with E-state index in [9.17, 15) is 34.7 Å². The zero-order chi connectivity index (χ0) is 32.4. The van der Waals surface area contributed by atoms with Crippen LogP contribution < -0.4 is 15.5 Å². The fourth-order valence-corrected chi connectivity index (χ4v) is 5.50. The van der Waals surface area contributed by atoms with Gasteiger partial charge in [0.05, 0.1) is 17.8 Å². The molecule has 10 atom stereocenters. The molecule has 3 fully saturated rings. The van der Waals surface area contributed by atoms with E-state index < -0.39 is 67.1 Å². The number of amides is 1. The number of hydrogen-bond donors (Lipinski definition) is 7. The lowest BCUT2D eigenvalue weighted by molar-refractivity contribution is -0.155. The minimum atomic E-state index is -1.48. The second-order valence-corrected chi connectivity index (χ2v) is 11.3. The molecule has 45 heavy (non-hydrogen) atoms. The van der Waals surface area contributed by atoms with Crippen LogP contribution in [0, 0.1) is 5.82 Å². The van der Waals surface area contributed by atoms with Crippen molar-refractivity contribution in [3.05, 3.63) is 71.6 Å². The summed E-state index contributed by atoms with van der Waals surface area (Å²) in [5.74, 6) is -1.16. The van der Waals surface area contributed by atoms with Gasteiger partial charge in [-0.25, -0.2) is 4.39 Å². The molecular weight excluding hydrogens is 595 g/mol. The van der Waals surface area contributed by atoms with Crippen molar-refractivity contribution in [3.8, 4) is 11.5 Å². The van der Waals surface area contributed by atoms with Crippen molar-refractivity contribution in [1.82, 2.24) is 10.8 Å². The van der Waals surface area contributed by atoms with Crippen molar-refractivity contribution in [2.75, 3.05) is 6.79 Å². The minimum absolute atomic E-state index is 0.0827. The number of nitrogens with one attached hydrogen (secondary N) is 2. The minimum Gasteiger partial charge on any atom is -0.504 e. The molecule has 13 nitrogen and oxygen atoms in total. The van der Waals surface area contributed by atoms with E-state index in [1.807, 2.05) is 0 Å². The number of aromatic hydroxyl groups is 1. The van der Waals surface area contributed by atoms with Crippen LogP contribution >= 0.6 is 0 Å². The van der Waals surface area contributed by atoms with Crippen LogP contribution in [0.5, 0.6) is 11.5 Å². The quantitative estimate of drug-likeness (QED) is 0.144. The molecule has 244 valence electrons. The van der Waals surface area contributed by atoms with Crippen molar-refractivity contribution in [2.45, 2.75) is 81.4 Å². The number of carbonyl (C=O) groups excluding carboxylic acids is 1. The van der Waals surface area contributed by atoms with Gasteiger partial charge in [0.15, 0.2) is 11.5 Å². The Morgan fingerprint density at radius 1 is 1.07 bits per heavy atom. The van der Waals surface area contributed by atoms with Gasteiger partial charge in [-0.3, -0.25) is 15.1 Å². The molecule has 1 unspecified atom stereocenters. The van der Waals surface area contributed by atoms with Gasteiger partial charge in [-0.05, 0) is 67.4 Å². The van der Waals surface area contributed by atoms with Crippen LogP contribution in [-0.4, -0.2) is 99.4 Å². The number of phenols is 1. The lowest BCUT2D eigenvalue weighted by atomic mass is 9.83. The van der Waals surface area contributed by atoms with Crippen LogP contribution in [0.25, 0.3) is 11.8 Å². The normalized spacial score (nSPS) is 32.1. The molecule has 0 aromatic heterocycles. The van der Waals surface area contributed by atoms with E-state index in [0.717, 1.165) is 0 Å². The molecule has 0 radical (unpaired) electrons. The van der Waals surface area contributed by atoms with Crippen molar-refractivity contribution in [1.29, 1.82) is 0 Å². The van der Waals surface area contributed by atoms with Gasteiger partial charge in [-0.15, -0.1) is 0 Å². The molecule has 5 rings (SSSR count). The van der Waals surface area contributed by atoms with E-state index >= 15 is 0 Å². The molecule has 3 aliphatic rings. The Morgan fingerprint density at radius 3 is 2.44 bits per heavy atom. The first kappa shape index (κ1) is 32.8. The number of ether oxygens (including phenoxy) is 4. The van der Waals surface area contributed by atoms with E-state index in [0.29, 0.717) is 16.8 Å². The van der Waals surface area contributed by atoms with Crippen molar-refractivity contribution in [2.24, 2.45) is 0 Å². The zero-order valence-electron chi connectivity index (χ0n) is 24.6. The molecule has 0 bridgehead atoms. The summed E-state index contributed by atoms with van der Waals surface area (Å²) in [6.45, 7) is 6.90. The van der Waals surface area contributed by atoms with Crippen LogP contribution in [0.2, 0.25) is 0 Å². The third kappa shape index (κ3) is 7.29. The van der Waals surface area contributed by atoms with Crippen molar-refractivity contribution < 1.29 is 58.5 Å². The summed E-state index contributed by atoms with van der Waals surface area (Å²) >= 11 is 0. The number of fused-ring (bicyclic) bond motifs is 1. The topological polar surface area (TPSA) is 188 Å². The maximum Gasteiger partial charge on any atom is 0.247 e. The second-order valence-electron chi connectivity index (χ2n) is 11.3. The van der Waals surface area contributed by atoms with Crippen LogP contribution in [-0.2, 0) is 23.8 Å². The predicted molar refractivity (Wildman–Crippen MR) is 155 cm³/mol. The molecule has 7 N–H and O–H groups in total. The Morgan fingerprint density at radius 2 is 1.76 bits per heavy atom. The highest BCUT2D eigenvalue weighted by molar-refractivity contribution is 5.97. The molecule has 2 aliphatic heterocycles. The molecule has 14 heteroatoms. The third-order valence-corrected chi connectivity index (χ3v) is 8.03. The van der Waals surface area contributed by atoms with Gasteiger partial charge in [0.25, 0.3) is 0 Å². The average molecular weight is 633 g/mol. The zero-order valence-corrected chi connectivity index (χ0v) is 24.6. The van der Waals surface area contributed by atoms with Gasteiger partial charge in [-0.2, -0.15) is 0 Å². The van der Waals surface area contributed by atoms with Crippen molar-refractivity contribution in [3.63, 3.8) is 0 Å². The van der Waals surface area contributed by atoms with Crippen LogP contribution in [0.1, 0.15) is 31.4 Å². The maximum absolute atomic E-state index is 13.2. The van der Waals surface area contributed by atoms with Crippen molar-refractivity contribution >= 4 is 17.7 Å². The Labute approximate surface area is 258 Å². The summed E-state index contributed by atoms with van der Waals surface area (Å²) in [6, 6.07) is 8.92. The van der Waals surface area contributed by atoms with E-state index in [2.05, 4.69) is 17.4 Å². The number of halogens is 1. The second kappa shape index (κ2) is 13.8. The van der Waals surface area contributed by atoms with E-state index in [1.165, 1.54) is 37.3 Å². The molecule has 0 spiro atoms. The monoisotopic (exact) mass is 632 g/mol. The summed E-state index contributed by atoms with van der Waals surface area (Å²) < 4.78 is 35.3. The maximum atomic E-state index is 13.2. The summed E-state index contributed by atoms with van der Waals surface area (Å²) in [4.78, 5) is 18.5. The van der Waals surface area contributed by atoms with Gasteiger partial charge in [-0.1, -0.05) is 12.6 Å². The highest BCUT2D eigenvalue weighted by Crippen LogP contribution is 2.33. The first-order valence-corrected chi connectivity index (χ1v) is 14.4. The molecule has 2 saturated heterocycles. The number of carbonyl (C=O) groups is 1. The molecular formula is C31H37FN2O11. The predicted octanol–water partition coefficient (Wildman–Crippen LogP) is 0.693.